The molecular weight excluding hydrogens is 453 g/mol. The van der Waals surface area contributed by atoms with E-state index in [9.17, 15) is 31.5 Å². The normalized spacial score (nSPS) is 18.2. The van der Waals surface area contributed by atoms with Gasteiger partial charge in [-0.1, -0.05) is 27.2 Å². The minimum absolute atomic E-state index is 0.0954. The Hall–Kier alpha value is -2.27. The number of halogens is 5. The molecule has 1 heterocycles. The van der Waals surface area contributed by atoms with Gasteiger partial charge in [-0.25, -0.2) is 23.1 Å². The molecule has 1 amide bonds. The summed E-state index contributed by atoms with van der Waals surface area (Å²) in [5, 5.41) is 0.923. The highest BCUT2D eigenvalue weighted by molar-refractivity contribution is 5.76. The number of amides is 1. The van der Waals surface area contributed by atoms with Crippen molar-refractivity contribution in [3.05, 3.63) is 29.1 Å². The summed E-state index contributed by atoms with van der Waals surface area (Å²) in [7, 11) is 0. The molecule has 1 aliphatic heterocycles. The molecule has 1 saturated heterocycles. The number of carbonyl (C=O) groups excluding carboxylic acids is 2. The standard InChI is InChI=1S/C22H28F5NO5/c1-4-7-14(28(11-29)33-15-8-5-6-9-31-15)13(10-12(2)3)22(30)32-21-19(26)17(24)16(23)18(25)20(21)27/h11-15H,4-10H2,1-3H3/t13-,14+,15?/m1/s1. The van der Waals surface area contributed by atoms with Gasteiger partial charge in [0.1, 0.15) is 0 Å². The highest BCUT2D eigenvalue weighted by atomic mass is 19.2. The zero-order valence-electron chi connectivity index (χ0n) is 18.7. The van der Waals surface area contributed by atoms with E-state index in [2.05, 4.69) is 0 Å². The number of esters is 1. The molecule has 1 aromatic rings. The summed E-state index contributed by atoms with van der Waals surface area (Å²) in [5.41, 5.74) is 0. The first kappa shape index (κ1) is 27.0. The number of hydrogen-bond donors (Lipinski definition) is 0. The fraction of sp³-hybridized carbons (Fsp3) is 0.636. The Labute approximate surface area is 188 Å². The molecule has 0 spiro atoms. The molecule has 186 valence electrons. The van der Waals surface area contributed by atoms with Crippen LogP contribution < -0.4 is 4.74 Å². The summed E-state index contributed by atoms with van der Waals surface area (Å²) in [6.45, 7) is 5.75. The first-order valence-corrected chi connectivity index (χ1v) is 10.9. The number of carbonyl (C=O) groups is 2. The predicted octanol–water partition coefficient (Wildman–Crippen LogP) is 5.04. The molecule has 0 N–H and O–H groups in total. The summed E-state index contributed by atoms with van der Waals surface area (Å²) in [4.78, 5) is 30.4. The van der Waals surface area contributed by atoms with Crippen molar-refractivity contribution in [2.45, 2.75) is 71.6 Å². The molecule has 1 fully saturated rings. The Morgan fingerprint density at radius 1 is 1.09 bits per heavy atom. The van der Waals surface area contributed by atoms with Gasteiger partial charge in [0, 0.05) is 13.0 Å². The lowest BCUT2D eigenvalue weighted by molar-refractivity contribution is -0.290. The van der Waals surface area contributed by atoms with Crippen molar-refractivity contribution in [1.29, 1.82) is 0 Å². The Bertz CT molecular complexity index is 803. The molecule has 1 aliphatic rings. The molecule has 0 aromatic heterocycles. The smallest absolute Gasteiger partial charge is 0.316 e. The van der Waals surface area contributed by atoms with E-state index in [-0.39, 0.29) is 18.8 Å². The van der Waals surface area contributed by atoms with Gasteiger partial charge in [0.15, 0.2) is 6.29 Å². The quantitative estimate of drug-likeness (QED) is 0.0843. The van der Waals surface area contributed by atoms with E-state index in [1.807, 2.05) is 0 Å². The monoisotopic (exact) mass is 481 g/mol. The maximum Gasteiger partial charge on any atom is 0.316 e. The van der Waals surface area contributed by atoms with Crippen LogP contribution in [0, 0.1) is 40.9 Å². The molecule has 0 saturated carbocycles. The zero-order chi connectivity index (χ0) is 24.7. The largest absolute Gasteiger partial charge is 0.420 e. The Balaban J connectivity index is 2.36. The molecule has 1 aromatic carbocycles. The summed E-state index contributed by atoms with van der Waals surface area (Å²) >= 11 is 0. The third kappa shape index (κ3) is 6.63. The first-order chi connectivity index (χ1) is 15.6. The highest BCUT2D eigenvalue weighted by Crippen LogP contribution is 2.32. The molecule has 33 heavy (non-hydrogen) atoms. The van der Waals surface area contributed by atoms with Crippen molar-refractivity contribution in [3.8, 4) is 5.75 Å². The van der Waals surface area contributed by atoms with E-state index >= 15 is 0 Å². The Morgan fingerprint density at radius 2 is 1.70 bits per heavy atom. The van der Waals surface area contributed by atoms with Gasteiger partial charge < -0.3 is 9.47 Å². The second-order valence-electron chi connectivity index (χ2n) is 8.28. The first-order valence-electron chi connectivity index (χ1n) is 10.9. The maximum absolute atomic E-state index is 14.1. The molecule has 6 nitrogen and oxygen atoms in total. The van der Waals surface area contributed by atoms with E-state index in [1.54, 1.807) is 20.8 Å². The number of ether oxygens (including phenoxy) is 2. The van der Waals surface area contributed by atoms with Crippen LogP contribution in [0.2, 0.25) is 0 Å². The lowest BCUT2D eigenvalue weighted by Crippen LogP contribution is -2.47. The van der Waals surface area contributed by atoms with E-state index in [4.69, 9.17) is 14.3 Å². The van der Waals surface area contributed by atoms with E-state index < -0.39 is 59.1 Å². The lowest BCUT2D eigenvalue weighted by atomic mass is 9.88. The SMILES string of the molecule is CCC[C@@H]([C@@H](CC(C)C)C(=O)Oc1c(F)c(F)c(F)c(F)c1F)N(C=O)OC1CCCCO1. The second kappa shape index (κ2) is 12.3. The number of rotatable bonds is 11. The lowest BCUT2D eigenvalue weighted by Gasteiger charge is -2.36. The number of nitrogens with zero attached hydrogens (tertiary/aromatic N) is 1. The molecular formula is C22H28F5NO5. The van der Waals surface area contributed by atoms with Gasteiger partial charge in [0.2, 0.25) is 41.2 Å². The molecule has 2 rings (SSSR count). The van der Waals surface area contributed by atoms with Crippen molar-refractivity contribution in [3.63, 3.8) is 0 Å². The Morgan fingerprint density at radius 3 is 2.18 bits per heavy atom. The van der Waals surface area contributed by atoms with Crippen LogP contribution in [0.25, 0.3) is 0 Å². The summed E-state index contributed by atoms with van der Waals surface area (Å²) < 4.78 is 78.7. The Kier molecular flexibility index (Phi) is 10.0. The molecule has 0 aliphatic carbocycles. The van der Waals surface area contributed by atoms with E-state index in [0.717, 1.165) is 17.9 Å². The van der Waals surface area contributed by atoms with Gasteiger partial charge in [0.05, 0.1) is 12.0 Å². The molecule has 0 radical (unpaired) electrons. The molecule has 3 atom stereocenters. The van der Waals surface area contributed by atoms with E-state index in [1.165, 1.54) is 0 Å². The van der Waals surface area contributed by atoms with Crippen molar-refractivity contribution in [2.24, 2.45) is 11.8 Å². The van der Waals surface area contributed by atoms with Crippen LogP contribution >= 0.6 is 0 Å². The van der Waals surface area contributed by atoms with Gasteiger partial charge in [-0.05, 0) is 31.6 Å². The van der Waals surface area contributed by atoms with Crippen molar-refractivity contribution in [2.75, 3.05) is 6.61 Å². The minimum Gasteiger partial charge on any atom is -0.420 e. The van der Waals surface area contributed by atoms with Gasteiger partial charge in [-0.3, -0.25) is 9.59 Å². The third-order valence-corrected chi connectivity index (χ3v) is 5.26. The third-order valence-electron chi connectivity index (χ3n) is 5.26. The van der Waals surface area contributed by atoms with Crippen molar-refractivity contribution < 1.29 is 45.9 Å². The van der Waals surface area contributed by atoms with Crippen LogP contribution in [-0.4, -0.2) is 36.4 Å². The fourth-order valence-corrected chi connectivity index (χ4v) is 3.68. The topological polar surface area (TPSA) is 65.1 Å². The summed E-state index contributed by atoms with van der Waals surface area (Å²) in [5.74, 6) is -15.6. The van der Waals surface area contributed by atoms with Gasteiger partial charge in [0.25, 0.3) is 0 Å². The van der Waals surface area contributed by atoms with Gasteiger partial charge in [-0.15, -0.1) is 0 Å². The average molecular weight is 481 g/mol. The minimum atomic E-state index is -2.36. The van der Waals surface area contributed by atoms with Crippen molar-refractivity contribution in [1.82, 2.24) is 5.06 Å². The van der Waals surface area contributed by atoms with E-state index in [0.29, 0.717) is 25.9 Å². The molecule has 1 unspecified atom stereocenters. The summed E-state index contributed by atoms with van der Waals surface area (Å²) in [6.07, 6.45) is 2.66. The van der Waals surface area contributed by atoms with Crippen LogP contribution in [-0.2, 0) is 19.2 Å². The number of benzene rings is 1. The highest BCUT2D eigenvalue weighted by Gasteiger charge is 2.38. The van der Waals surface area contributed by atoms with Crippen LogP contribution in [0.1, 0.15) is 59.3 Å². The average Bonchev–Trinajstić information content (AvgIpc) is 2.80. The molecule has 11 heteroatoms. The number of hydroxylamine groups is 2. The van der Waals surface area contributed by atoms with Crippen molar-refractivity contribution >= 4 is 12.4 Å². The number of hydrogen-bond acceptors (Lipinski definition) is 5. The van der Waals surface area contributed by atoms with Crippen LogP contribution in [0.3, 0.4) is 0 Å². The van der Waals surface area contributed by atoms with Gasteiger partial charge in [-0.2, -0.15) is 8.78 Å². The van der Waals surface area contributed by atoms with Crippen LogP contribution in [0.4, 0.5) is 22.0 Å². The van der Waals surface area contributed by atoms with Gasteiger partial charge >= 0.3 is 5.97 Å². The zero-order valence-corrected chi connectivity index (χ0v) is 18.7. The fourth-order valence-electron chi connectivity index (χ4n) is 3.68. The van der Waals surface area contributed by atoms with Crippen LogP contribution in [0.5, 0.6) is 5.75 Å². The predicted molar refractivity (Wildman–Crippen MR) is 106 cm³/mol. The summed E-state index contributed by atoms with van der Waals surface area (Å²) in [6, 6.07) is -0.922. The molecule has 0 bridgehead atoms. The maximum atomic E-state index is 14.1. The second-order valence-corrected chi connectivity index (χ2v) is 8.28. The van der Waals surface area contributed by atoms with Crippen LogP contribution in [0.15, 0.2) is 0 Å².